The van der Waals surface area contributed by atoms with Crippen LogP contribution >= 0.6 is 11.8 Å². The van der Waals surface area contributed by atoms with Gasteiger partial charge in [-0.25, -0.2) is 8.42 Å². The summed E-state index contributed by atoms with van der Waals surface area (Å²) >= 11 is 1.31. The van der Waals surface area contributed by atoms with Gasteiger partial charge in [-0.15, -0.1) is 10.2 Å². The molecule has 1 aliphatic heterocycles. The first-order chi connectivity index (χ1) is 13.5. The van der Waals surface area contributed by atoms with Crippen molar-refractivity contribution in [1.82, 2.24) is 19.1 Å². The van der Waals surface area contributed by atoms with Crippen molar-refractivity contribution in [3.63, 3.8) is 0 Å². The summed E-state index contributed by atoms with van der Waals surface area (Å²) in [4.78, 5) is 12.4. The lowest BCUT2D eigenvalue weighted by Crippen LogP contribution is -2.31. The summed E-state index contributed by atoms with van der Waals surface area (Å²) < 4.78 is 29.0. The third-order valence-electron chi connectivity index (χ3n) is 4.59. The number of thioether (sulfide) groups is 1. The zero-order chi connectivity index (χ0) is 20.0. The van der Waals surface area contributed by atoms with Gasteiger partial charge in [0.15, 0.2) is 5.16 Å². The number of nitrogens with zero attached hydrogens (tertiary/aromatic N) is 4. The smallest absolute Gasteiger partial charge is 0.243 e. The molecule has 0 spiro atoms. The van der Waals surface area contributed by atoms with Crippen molar-refractivity contribution in [3.8, 4) is 0 Å². The molecular formula is C18H25N5O3S2. The Morgan fingerprint density at radius 2 is 1.82 bits per heavy atom. The average molecular weight is 424 g/mol. The van der Waals surface area contributed by atoms with Crippen LogP contribution in [0, 0.1) is 0 Å². The summed E-state index contributed by atoms with van der Waals surface area (Å²) in [6, 6.07) is 6.36. The SMILES string of the molecule is CCn1cnnc1SCC(=O)Nc1ccc(S(=O)(=O)N2CCCCCC2)cc1. The second-order valence-electron chi connectivity index (χ2n) is 6.58. The van der Waals surface area contributed by atoms with Crippen LogP contribution < -0.4 is 5.32 Å². The number of hydrogen-bond acceptors (Lipinski definition) is 6. The van der Waals surface area contributed by atoms with Gasteiger partial charge in [-0.1, -0.05) is 24.6 Å². The standard InChI is InChI=1S/C18H25N5O3S2/c1-2-22-14-19-21-18(22)27-13-17(24)20-15-7-9-16(10-8-15)28(25,26)23-11-5-3-4-6-12-23/h7-10,14H,2-6,11-13H2,1H3,(H,20,24). The van der Waals surface area contributed by atoms with Crippen molar-refractivity contribution in [2.45, 2.75) is 49.2 Å². The number of nitrogens with one attached hydrogen (secondary N) is 1. The molecule has 10 heteroatoms. The Labute approximate surface area is 169 Å². The van der Waals surface area contributed by atoms with E-state index in [0.717, 1.165) is 32.2 Å². The van der Waals surface area contributed by atoms with Crippen LogP contribution in [0.3, 0.4) is 0 Å². The average Bonchev–Trinajstić information content (AvgIpc) is 2.96. The number of carbonyl (C=O) groups is 1. The molecule has 1 aromatic heterocycles. The van der Waals surface area contributed by atoms with Crippen LogP contribution in [-0.4, -0.2) is 52.2 Å². The molecular weight excluding hydrogens is 398 g/mol. The number of amides is 1. The Kier molecular flexibility index (Phi) is 7.08. The highest BCUT2D eigenvalue weighted by molar-refractivity contribution is 7.99. The molecule has 28 heavy (non-hydrogen) atoms. The van der Waals surface area contributed by atoms with Gasteiger partial charge in [-0.05, 0) is 44.0 Å². The Morgan fingerprint density at radius 1 is 1.14 bits per heavy atom. The maximum atomic E-state index is 12.8. The molecule has 1 saturated heterocycles. The zero-order valence-electron chi connectivity index (χ0n) is 15.9. The van der Waals surface area contributed by atoms with E-state index in [-0.39, 0.29) is 16.6 Å². The zero-order valence-corrected chi connectivity index (χ0v) is 17.5. The Hall–Kier alpha value is -1.91. The molecule has 2 aromatic rings. The second-order valence-corrected chi connectivity index (χ2v) is 9.46. The molecule has 0 radical (unpaired) electrons. The van der Waals surface area contributed by atoms with Gasteiger partial charge in [-0.2, -0.15) is 4.31 Å². The van der Waals surface area contributed by atoms with Gasteiger partial charge in [0.2, 0.25) is 15.9 Å². The lowest BCUT2D eigenvalue weighted by Gasteiger charge is -2.20. The van der Waals surface area contributed by atoms with E-state index in [9.17, 15) is 13.2 Å². The lowest BCUT2D eigenvalue weighted by atomic mass is 10.2. The Balaban J connectivity index is 1.58. The van der Waals surface area contributed by atoms with Crippen LogP contribution in [0.2, 0.25) is 0 Å². The molecule has 2 heterocycles. The monoisotopic (exact) mass is 423 g/mol. The minimum absolute atomic E-state index is 0.182. The summed E-state index contributed by atoms with van der Waals surface area (Å²) in [6.07, 6.45) is 5.57. The van der Waals surface area contributed by atoms with Crippen molar-refractivity contribution in [2.75, 3.05) is 24.2 Å². The van der Waals surface area contributed by atoms with Crippen LogP contribution in [0.1, 0.15) is 32.6 Å². The van der Waals surface area contributed by atoms with E-state index in [4.69, 9.17) is 0 Å². The normalized spacial score (nSPS) is 15.9. The van der Waals surface area contributed by atoms with E-state index in [2.05, 4.69) is 15.5 Å². The third-order valence-corrected chi connectivity index (χ3v) is 7.49. The molecule has 0 saturated carbocycles. The molecule has 152 valence electrons. The number of rotatable bonds is 7. The number of aryl methyl sites for hydroxylation is 1. The van der Waals surface area contributed by atoms with Gasteiger partial charge in [0, 0.05) is 25.3 Å². The van der Waals surface area contributed by atoms with Crippen molar-refractivity contribution < 1.29 is 13.2 Å². The summed E-state index contributed by atoms with van der Waals surface area (Å²) in [5.74, 6) is 0.0192. The topological polar surface area (TPSA) is 97.2 Å². The van der Waals surface area contributed by atoms with Crippen molar-refractivity contribution in [2.24, 2.45) is 0 Å². The highest BCUT2D eigenvalue weighted by Gasteiger charge is 2.25. The minimum atomic E-state index is -3.48. The third kappa shape index (κ3) is 5.12. The van der Waals surface area contributed by atoms with Gasteiger partial charge in [0.05, 0.1) is 10.6 Å². The van der Waals surface area contributed by atoms with Crippen LogP contribution in [-0.2, 0) is 21.4 Å². The molecule has 0 atom stereocenters. The summed E-state index contributed by atoms with van der Waals surface area (Å²) in [5.41, 5.74) is 0.567. The first-order valence-electron chi connectivity index (χ1n) is 9.41. The Morgan fingerprint density at radius 3 is 2.46 bits per heavy atom. The predicted molar refractivity (Wildman–Crippen MR) is 109 cm³/mol. The number of aromatic nitrogens is 3. The fourth-order valence-corrected chi connectivity index (χ4v) is 5.34. The molecule has 1 fully saturated rings. The minimum Gasteiger partial charge on any atom is -0.325 e. The number of anilines is 1. The van der Waals surface area contributed by atoms with Crippen LogP contribution in [0.15, 0.2) is 40.6 Å². The lowest BCUT2D eigenvalue weighted by molar-refractivity contribution is -0.113. The first-order valence-corrected chi connectivity index (χ1v) is 11.8. The summed E-state index contributed by atoms with van der Waals surface area (Å²) in [5, 5.41) is 11.3. The number of carbonyl (C=O) groups excluding carboxylic acids is 1. The highest BCUT2D eigenvalue weighted by Crippen LogP contribution is 2.22. The van der Waals surface area contributed by atoms with Gasteiger partial charge in [-0.3, -0.25) is 4.79 Å². The molecule has 8 nitrogen and oxygen atoms in total. The first kappa shape index (κ1) is 20.8. The van der Waals surface area contributed by atoms with E-state index in [1.54, 1.807) is 34.9 Å². The molecule has 1 aliphatic rings. The van der Waals surface area contributed by atoms with E-state index < -0.39 is 10.0 Å². The van der Waals surface area contributed by atoms with E-state index in [0.29, 0.717) is 23.9 Å². The molecule has 1 aromatic carbocycles. The molecule has 0 aliphatic carbocycles. The van der Waals surface area contributed by atoms with Gasteiger partial charge < -0.3 is 9.88 Å². The molecule has 1 amide bonds. The van der Waals surface area contributed by atoms with Gasteiger partial charge in [0.1, 0.15) is 6.33 Å². The Bertz CT molecular complexity index is 888. The van der Waals surface area contributed by atoms with Crippen molar-refractivity contribution in [1.29, 1.82) is 0 Å². The van der Waals surface area contributed by atoms with Crippen LogP contribution in [0.5, 0.6) is 0 Å². The maximum Gasteiger partial charge on any atom is 0.243 e. The van der Waals surface area contributed by atoms with Gasteiger partial charge >= 0.3 is 0 Å². The summed E-state index contributed by atoms with van der Waals surface area (Å²) in [7, 11) is -3.48. The fraction of sp³-hybridized carbons (Fsp3) is 0.500. The van der Waals surface area contributed by atoms with Crippen LogP contribution in [0.4, 0.5) is 5.69 Å². The van der Waals surface area contributed by atoms with E-state index >= 15 is 0 Å². The number of hydrogen-bond donors (Lipinski definition) is 1. The molecule has 1 N–H and O–H groups in total. The maximum absolute atomic E-state index is 12.8. The second kappa shape index (κ2) is 9.53. The fourth-order valence-electron chi connectivity index (χ4n) is 3.04. The molecule has 0 bridgehead atoms. The van der Waals surface area contributed by atoms with Crippen molar-refractivity contribution in [3.05, 3.63) is 30.6 Å². The largest absolute Gasteiger partial charge is 0.325 e. The quantitative estimate of drug-likeness (QED) is 0.688. The molecule has 3 rings (SSSR count). The number of benzene rings is 1. The van der Waals surface area contributed by atoms with E-state index in [1.165, 1.54) is 11.8 Å². The van der Waals surface area contributed by atoms with Crippen LogP contribution in [0.25, 0.3) is 0 Å². The highest BCUT2D eigenvalue weighted by atomic mass is 32.2. The number of sulfonamides is 1. The molecule has 0 unspecified atom stereocenters. The van der Waals surface area contributed by atoms with E-state index in [1.807, 2.05) is 11.5 Å². The van der Waals surface area contributed by atoms with Crippen molar-refractivity contribution >= 4 is 33.4 Å². The predicted octanol–water partition coefficient (Wildman–Crippen LogP) is 2.59. The summed E-state index contributed by atoms with van der Waals surface area (Å²) in [6.45, 7) is 3.86. The van der Waals surface area contributed by atoms with Gasteiger partial charge in [0.25, 0.3) is 0 Å².